The van der Waals surface area contributed by atoms with Gasteiger partial charge in [0.15, 0.2) is 15.9 Å². The van der Waals surface area contributed by atoms with E-state index in [1.807, 2.05) is 0 Å². The Labute approximate surface area is 145 Å². The molecule has 0 saturated heterocycles. The van der Waals surface area contributed by atoms with E-state index in [-0.39, 0.29) is 0 Å². The van der Waals surface area contributed by atoms with E-state index in [9.17, 15) is 0 Å². The molecule has 0 bridgehead atoms. The molecule has 3 rings (SSSR count). The molecule has 0 spiro atoms. The van der Waals surface area contributed by atoms with Crippen molar-refractivity contribution < 1.29 is 0 Å². The normalized spacial score (nSPS) is 16.0. The van der Waals surface area contributed by atoms with Crippen molar-refractivity contribution in [3.8, 4) is 0 Å². The third kappa shape index (κ3) is 4.47. The highest BCUT2D eigenvalue weighted by Gasteiger charge is 2.17. The highest BCUT2D eigenvalue weighted by molar-refractivity contribution is 7.99. The van der Waals surface area contributed by atoms with Crippen LogP contribution in [-0.4, -0.2) is 26.7 Å². The number of aromatic nitrogens is 3. The molecule has 1 aliphatic rings. The van der Waals surface area contributed by atoms with Crippen LogP contribution in [0.5, 0.6) is 0 Å². The summed E-state index contributed by atoms with van der Waals surface area (Å²) in [4.78, 5) is 13.6. The number of hydrogen-bond acceptors (Lipinski definition) is 7. The van der Waals surface area contributed by atoms with Crippen molar-refractivity contribution >= 4 is 44.4 Å². The van der Waals surface area contributed by atoms with E-state index >= 15 is 0 Å². The van der Waals surface area contributed by atoms with Crippen molar-refractivity contribution in [2.75, 3.05) is 16.8 Å². The van der Waals surface area contributed by atoms with E-state index in [4.69, 9.17) is 5.73 Å². The van der Waals surface area contributed by atoms with E-state index in [2.05, 4.69) is 27.2 Å². The molecular weight excluding hydrogens is 326 g/mol. The number of nitrogens with zero attached hydrogens (tertiary/aromatic N) is 3. The summed E-state index contributed by atoms with van der Waals surface area (Å²) >= 11 is 3.25. The SMILES string of the molecule is CCCCCSc1nc(N)c2sc(NC3CCCCC3)nc2n1. The lowest BCUT2D eigenvalue weighted by Crippen LogP contribution is -2.21. The largest absolute Gasteiger partial charge is 0.382 e. The van der Waals surface area contributed by atoms with Gasteiger partial charge >= 0.3 is 0 Å². The van der Waals surface area contributed by atoms with Crippen molar-refractivity contribution in [1.82, 2.24) is 15.0 Å². The lowest BCUT2D eigenvalue weighted by molar-refractivity contribution is 0.462. The Kier molecular flexibility index (Phi) is 5.94. The first-order valence-electron chi connectivity index (χ1n) is 8.59. The number of thiazole rings is 1. The van der Waals surface area contributed by atoms with E-state index in [1.165, 1.54) is 51.4 Å². The fraction of sp³-hybridized carbons (Fsp3) is 0.688. The molecule has 5 nitrogen and oxygen atoms in total. The zero-order valence-electron chi connectivity index (χ0n) is 13.7. The van der Waals surface area contributed by atoms with Crippen LogP contribution in [0.3, 0.4) is 0 Å². The monoisotopic (exact) mass is 351 g/mol. The zero-order valence-corrected chi connectivity index (χ0v) is 15.3. The Hall–Kier alpha value is -1.08. The number of nitrogens with one attached hydrogen (secondary N) is 1. The van der Waals surface area contributed by atoms with Crippen molar-refractivity contribution in [2.24, 2.45) is 0 Å². The van der Waals surface area contributed by atoms with Gasteiger partial charge in [0, 0.05) is 11.8 Å². The van der Waals surface area contributed by atoms with Gasteiger partial charge in [0.25, 0.3) is 0 Å². The Morgan fingerprint density at radius 1 is 1.17 bits per heavy atom. The first-order chi connectivity index (χ1) is 11.3. The second kappa shape index (κ2) is 8.15. The third-order valence-electron chi connectivity index (χ3n) is 4.17. The average Bonchev–Trinajstić information content (AvgIpc) is 2.96. The Balaban J connectivity index is 1.69. The average molecular weight is 352 g/mol. The molecule has 1 saturated carbocycles. The van der Waals surface area contributed by atoms with Gasteiger partial charge in [-0.1, -0.05) is 62.1 Å². The van der Waals surface area contributed by atoms with Crippen LogP contribution in [0.25, 0.3) is 10.3 Å². The molecule has 23 heavy (non-hydrogen) atoms. The van der Waals surface area contributed by atoms with Gasteiger partial charge in [0.2, 0.25) is 0 Å². The molecule has 2 heterocycles. The molecule has 0 atom stereocenters. The number of unbranched alkanes of at least 4 members (excludes halogenated alkanes) is 2. The van der Waals surface area contributed by atoms with Crippen molar-refractivity contribution in [3.63, 3.8) is 0 Å². The zero-order chi connectivity index (χ0) is 16.1. The molecule has 1 aliphatic carbocycles. The third-order valence-corrected chi connectivity index (χ3v) is 6.10. The van der Waals surface area contributed by atoms with Crippen LogP contribution >= 0.6 is 23.1 Å². The number of anilines is 2. The molecule has 0 aliphatic heterocycles. The number of nitrogens with two attached hydrogens (primary N) is 1. The fourth-order valence-corrected chi connectivity index (χ4v) is 4.62. The quantitative estimate of drug-likeness (QED) is 0.428. The molecule has 7 heteroatoms. The van der Waals surface area contributed by atoms with Crippen LogP contribution in [0.15, 0.2) is 5.16 Å². The lowest BCUT2D eigenvalue weighted by atomic mass is 9.96. The Bertz CT molecular complexity index is 637. The smallest absolute Gasteiger partial charge is 0.191 e. The maximum Gasteiger partial charge on any atom is 0.191 e. The van der Waals surface area contributed by atoms with Crippen LogP contribution in [0.4, 0.5) is 10.9 Å². The summed E-state index contributed by atoms with van der Waals surface area (Å²) in [6, 6.07) is 0.543. The van der Waals surface area contributed by atoms with Crippen molar-refractivity contribution in [2.45, 2.75) is 69.5 Å². The molecule has 1 fully saturated rings. The van der Waals surface area contributed by atoms with Crippen molar-refractivity contribution in [3.05, 3.63) is 0 Å². The first-order valence-corrected chi connectivity index (χ1v) is 10.4. The first kappa shape index (κ1) is 16.8. The number of fused-ring (bicyclic) bond motifs is 1. The Morgan fingerprint density at radius 3 is 2.78 bits per heavy atom. The minimum atomic E-state index is 0.543. The van der Waals surface area contributed by atoms with Gasteiger partial charge in [-0.25, -0.2) is 9.97 Å². The molecule has 126 valence electrons. The standard InChI is InChI=1S/C16H25N5S2/c1-2-3-7-10-22-15-19-13(17)12-14(20-15)21-16(23-12)18-11-8-5-4-6-9-11/h11H,2-10H2,1H3,(H3,17,18,19,20,21). The van der Waals surface area contributed by atoms with Crippen LogP contribution < -0.4 is 11.1 Å². The molecule has 3 N–H and O–H groups in total. The van der Waals surface area contributed by atoms with E-state index < -0.39 is 0 Å². The summed E-state index contributed by atoms with van der Waals surface area (Å²) in [5.74, 6) is 1.60. The van der Waals surface area contributed by atoms with Crippen LogP contribution in [0.1, 0.15) is 58.3 Å². The van der Waals surface area contributed by atoms with Gasteiger partial charge < -0.3 is 11.1 Å². The second-order valence-corrected chi connectivity index (χ2v) is 8.16. The number of rotatable bonds is 7. The van der Waals surface area contributed by atoms with Crippen LogP contribution in [0, 0.1) is 0 Å². The molecule has 2 aromatic heterocycles. The molecule has 2 aromatic rings. The minimum Gasteiger partial charge on any atom is -0.382 e. The highest BCUT2D eigenvalue weighted by Crippen LogP contribution is 2.32. The van der Waals surface area contributed by atoms with Gasteiger partial charge in [-0.05, 0) is 19.3 Å². The number of hydrogen-bond donors (Lipinski definition) is 2. The summed E-state index contributed by atoms with van der Waals surface area (Å²) in [5, 5.41) is 5.24. The maximum absolute atomic E-state index is 6.11. The van der Waals surface area contributed by atoms with Gasteiger partial charge in [-0.2, -0.15) is 4.98 Å². The predicted molar refractivity (Wildman–Crippen MR) is 100 cm³/mol. The summed E-state index contributed by atoms with van der Waals surface area (Å²) in [6.07, 6.45) is 10.1. The molecule has 0 radical (unpaired) electrons. The minimum absolute atomic E-state index is 0.543. The van der Waals surface area contributed by atoms with Crippen molar-refractivity contribution in [1.29, 1.82) is 0 Å². The topological polar surface area (TPSA) is 76.7 Å². The summed E-state index contributed by atoms with van der Waals surface area (Å²) < 4.78 is 0.904. The molecule has 0 unspecified atom stereocenters. The van der Waals surface area contributed by atoms with Gasteiger partial charge in [-0.3, -0.25) is 0 Å². The van der Waals surface area contributed by atoms with E-state index in [1.54, 1.807) is 23.1 Å². The molecule has 0 aromatic carbocycles. The lowest BCUT2D eigenvalue weighted by Gasteiger charge is -2.22. The number of nitrogen functional groups attached to an aromatic ring is 1. The number of thioether (sulfide) groups is 1. The van der Waals surface area contributed by atoms with E-state index in [0.717, 1.165) is 26.4 Å². The van der Waals surface area contributed by atoms with E-state index in [0.29, 0.717) is 11.9 Å². The fourth-order valence-electron chi connectivity index (χ4n) is 2.89. The Morgan fingerprint density at radius 2 is 2.00 bits per heavy atom. The van der Waals surface area contributed by atoms with Gasteiger partial charge in [0.05, 0.1) is 0 Å². The summed E-state index contributed by atoms with van der Waals surface area (Å²) in [6.45, 7) is 2.21. The van der Waals surface area contributed by atoms with Gasteiger partial charge in [0.1, 0.15) is 10.5 Å². The van der Waals surface area contributed by atoms with Crippen LogP contribution in [0.2, 0.25) is 0 Å². The summed E-state index contributed by atoms with van der Waals surface area (Å²) in [5.41, 5.74) is 6.85. The maximum atomic E-state index is 6.11. The summed E-state index contributed by atoms with van der Waals surface area (Å²) in [7, 11) is 0. The predicted octanol–water partition coefficient (Wildman–Crippen LogP) is 4.70. The highest BCUT2D eigenvalue weighted by atomic mass is 32.2. The molecular formula is C16H25N5S2. The van der Waals surface area contributed by atoms with Crippen LogP contribution in [-0.2, 0) is 0 Å². The second-order valence-electron chi connectivity index (χ2n) is 6.10. The van der Waals surface area contributed by atoms with Gasteiger partial charge in [-0.15, -0.1) is 0 Å². The molecule has 0 amide bonds.